The van der Waals surface area contributed by atoms with Crippen molar-refractivity contribution in [1.29, 1.82) is 0 Å². The quantitative estimate of drug-likeness (QED) is 0.328. The highest BCUT2D eigenvalue weighted by Crippen LogP contribution is 2.41. The van der Waals surface area contributed by atoms with Crippen LogP contribution in [0.15, 0.2) is 82.0 Å². The van der Waals surface area contributed by atoms with E-state index in [1.54, 1.807) is 36.3 Å². The molecule has 0 saturated carbocycles. The SMILES string of the molecule is COc1cc([C@@H]2c3c(oc4ccccc4c3=O)C(=O)N2CCCN(C)C)ccc1OCc1ccccc1. The molecule has 0 unspecified atom stereocenters. The summed E-state index contributed by atoms with van der Waals surface area (Å²) in [5.74, 6) is 0.962. The van der Waals surface area contributed by atoms with Crippen LogP contribution < -0.4 is 14.9 Å². The van der Waals surface area contributed by atoms with Gasteiger partial charge in [-0.25, -0.2) is 0 Å². The van der Waals surface area contributed by atoms with Crippen molar-refractivity contribution in [1.82, 2.24) is 9.80 Å². The third-order valence-electron chi connectivity index (χ3n) is 6.62. The summed E-state index contributed by atoms with van der Waals surface area (Å²) in [4.78, 5) is 31.0. The summed E-state index contributed by atoms with van der Waals surface area (Å²) < 4.78 is 17.7. The zero-order valence-corrected chi connectivity index (χ0v) is 21.3. The average molecular weight is 499 g/mol. The molecule has 1 aliphatic rings. The maximum atomic E-state index is 13.7. The maximum Gasteiger partial charge on any atom is 0.290 e. The first kappa shape index (κ1) is 24.6. The van der Waals surface area contributed by atoms with Crippen LogP contribution in [0.5, 0.6) is 11.5 Å². The molecule has 7 heteroatoms. The molecule has 5 rings (SSSR count). The molecule has 0 spiro atoms. The molecule has 37 heavy (non-hydrogen) atoms. The van der Waals surface area contributed by atoms with Crippen LogP contribution in [0.25, 0.3) is 11.0 Å². The largest absolute Gasteiger partial charge is 0.493 e. The molecule has 0 fully saturated rings. The number of methoxy groups -OCH3 is 1. The zero-order valence-electron chi connectivity index (χ0n) is 21.3. The minimum absolute atomic E-state index is 0.113. The molecular weight excluding hydrogens is 468 g/mol. The molecule has 1 amide bonds. The zero-order chi connectivity index (χ0) is 25.9. The second-order valence-corrected chi connectivity index (χ2v) is 9.41. The number of ether oxygens (including phenoxy) is 2. The highest BCUT2D eigenvalue weighted by atomic mass is 16.5. The van der Waals surface area contributed by atoms with E-state index in [-0.39, 0.29) is 17.1 Å². The Hall–Kier alpha value is -4.10. The van der Waals surface area contributed by atoms with Crippen molar-refractivity contribution >= 4 is 16.9 Å². The molecule has 0 bridgehead atoms. The van der Waals surface area contributed by atoms with Crippen LogP contribution in [-0.2, 0) is 6.61 Å². The van der Waals surface area contributed by atoms with E-state index in [2.05, 4.69) is 4.90 Å². The molecule has 0 aliphatic carbocycles. The van der Waals surface area contributed by atoms with Crippen molar-refractivity contribution in [3.8, 4) is 11.5 Å². The van der Waals surface area contributed by atoms with Crippen LogP contribution >= 0.6 is 0 Å². The first-order valence-electron chi connectivity index (χ1n) is 12.3. The molecular formula is C30H30N2O5. The number of para-hydroxylation sites is 1. The Bertz CT molecular complexity index is 1480. The monoisotopic (exact) mass is 498 g/mol. The molecule has 1 atom stereocenters. The van der Waals surface area contributed by atoms with Crippen LogP contribution in [0.3, 0.4) is 0 Å². The molecule has 0 radical (unpaired) electrons. The van der Waals surface area contributed by atoms with Gasteiger partial charge in [0.1, 0.15) is 12.2 Å². The van der Waals surface area contributed by atoms with E-state index in [1.807, 2.05) is 62.6 Å². The fourth-order valence-electron chi connectivity index (χ4n) is 4.81. The number of nitrogens with zero attached hydrogens (tertiary/aromatic N) is 2. The van der Waals surface area contributed by atoms with Crippen LogP contribution in [-0.4, -0.2) is 50.0 Å². The highest BCUT2D eigenvalue weighted by Gasteiger charge is 2.42. The Morgan fingerprint density at radius 3 is 2.46 bits per heavy atom. The lowest BCUT2D eigenvalue weighted by molar-refractivity contribution is 0.0722. The summed E-state index contributed by atoms with van der Waals surface area (Å²) in [6.07, 6.45) is 0.756. The van der Waals surface area contributed by atoms with Gasteiger partial charge in [-0.3, -0.25) is 9.59 Å². The normalized spacial score (nSPS) is 14.9. The van der Waals surface area contributed by atoms with Crippen molar-refractivity contribution in [2.75, 3.05) is 34.3 Å². The number of carbonyl (C=O) groups is 1. The van der Waals surface area contributed by atoms with Crippen LogP contribution in [0.4, 0.5) is 0 Å². The number of hydrogen-bond donors (Lipinski definition) is 0. The average Bonchev–Trinajstić information content (AvgIpc) is 3.19. The van der Waals surface area contributed by atoms with Gasteiger partial charge in [0.25, 0.3) is 5.91 Å². The van der Waals surface area contributed by atoms with Crippen LogP contribution in [0.1, 0.15) is 39.7 Å². The number of benzene rings is 3. The summed E-state index contributed by atoms with van der Waals surface area (Å²) in [7, 11) is 5.57. The van der Waals surface area contributed by atoms with Crippen molar-refractivity contribution < 1.29 is 18.7 Å². The molecule has 1 aromatic heterocycles. The Morgan fingerprint density at radius 1 is 0.946 bits per heavy atom. The molecule has 7 nitrogen and oxygen atoms in total. The maximum absolute atomic E-state index is 13.7. The summed E-state index contributed by atoms with van der Waals surface area (Å²) in [5.41, 5.74) is 2.40. The van der Waals surface area contributed by atoms with Gasteiger partial charge in [-0.05, 0) is 62.5 Å². The summed E-state index contributed by atoms with van der Waals surface area (Å²) in [5, 5.41) is 0.462. The second-order valence-electron chi connectivity index (χ2n) is 9.41. The van der Waals surface area contributed by atoms with Gasteiger partial charge in [0, 0.05) is 6.54 Å². The smallest absolute Gasteiger partial charge is 0.290 e. The van der Waals surface area contributed by atoms with Crippen LogP contribution in [0.2, 0.25) is 0 Å². The van der Waals surface area contributed by atoms with E-state index >= 15 is 0 Å². The molecule has 4 aromatic rings. The van der Waals surface area contributed by atoms with Gasteiger partial charge in [-0.2, -0.15) is 0 Å². The predicted molar refractivity (Wildman–Crippen MR) is 142 cm³/mol. The fraction of sp³-hybridized carbons (Fsp3) is 0.267. The number of rotatable bonds is 9. The Labute approximate surface area is 215 Å². The summed E-state index contributed by atoms with van der Waals surface area (Å²) in [6.45, 7) is 1.69. The van der Waals surface area contributed by atoms with E-state index in [0.717, 1.165) is 24.1 Å². The van der Waals surface area contributed by atoms with Crippen molar-refractivity contribution in [3.05, 3.63) is 105 Å². The van der Waals surface area contributed by atoms with Crippen molar-refractivity contribution in [2.45, 2.75) is 19.1 Å². The van der Waals surface area contributed by atoms with Gasteiger partial charge in [0.2, 0.25) is 5.76 Å². The number of fused-ring (bicyclic) bond motifs is 2. The summed E-state index contributed by atoms with van der Waals surface area (Å²) >= 11 is 0. The molecule has 190 valence electrons. The van der Waals surface area contributed by atoms with Crippen molar-refractivity contribution in [2.24, 2.45) is 0 Å². The molecule has 0 N–H and O–H groups in total. The Kier molecular flexibility index (Phi) is 6.97. The topological polar surface area (TPSA) is 72.2 Å². The second kappa shape index (κ2) is 10.5. The molecule has 1 aliphatic heterocycles. The van der Waals surface area contributed by atoms with Crippen LogP contribution in [0, 0.1) is 0 Å². The minimum atomic E-state index is -0.581. The van der Waals surface area contributed by atoms with E-state index in [0.29, 0.717) is 41.2 Å². The highest BCUT2D eigenvalue weighted by molar-refractivity contribution is 5.99. The standard InChI is InChI=1S/C30H30N2O5/c1-31(2)16-9-17-32-27(26-28(33)22-12-7-8-13-23(22)37-29(26)30(32)34)21-14-15-24(25(18-21)35-3)36-19-20-10-5-4-6-11-20/h4-8,10-15,18,27H,9,16-17,19H2,1-3H3/t27-/m1/s1. The first-order chi connectivity index (χ1) is 18.0. The van der Waals surface area contributed by atoms with Gasteiger partial charge in [-0.15, -0.1) is 0 Å². The van der Waals surface area contributed by atoms with E-state index in [4.69, 9.17) is 13.9 Å². The van der Waals surface area contributed by atoms with Gasteiger partial charge in [0.15, 0.2) is 16.9 Å². The van der Waals surface area contributed by atoms with E-state index in [9.17, 15) is 9.59 Å². The number of hydrogen-bond acceptors (Lipinski definition) is 6. The first-order valence-corrected chi connectivity index (χ1v) is 12.3. The third-order valence-corrected chi connectivity index (χ3v) is 6.62. The van der Waals surface area contributed by atoms with E-state index in [1.165, 1.54) is 0 Å². The Balaban J connectivity index is 1.55. The third kappa shape index (κ3) is 4.82. The number of amides is 1. The molecule has 0 saturated heterocycles. The minimum Gasteiger partial charge on any atom is -0.493 e. The van der Waals surface area contributed by atoms with Crippen molar-refractivity contribution in [3.63, 3.8) is 0 Å². The lowest BCUT2D eigenvalue weighted by Gasteiger charge is -2.26. The molecule has 2 heterocycles. The lowest BCUT2D eigenvalue weighted by atomic mass is 9.98. The predicted octanol–water partition coefficient (Wildman–Crippen LogP) is 4.88. The van der Waals surface area contributed by atoms with Gasteiger partial charge in [0.05, 0.1) is 24.1 Å². The van der Waals surface area contributed by atoms with Gasteiger partial charge in [-0.1, -0.05) is 48.5 Å². The number of carbonyl (C=O) groups excluding carboxylic acids is 1. The fourth-order valence-corrected chi connectivity index (χ4v) is 4.81. The molecule has 3 aromatic carbocycles. The van der Waals surface area contributed by atoms with Gasteiger partial charge >= 0.3 is 0 Å². The summed E-state index contributed by atoms with van der Waals surface area (Å²) in [6, 6.07) is 21.9. The van der Waals surface area contributed by atoms with E-state index < -0.39 is 6.04 Å². The lowest BCUT2D eigenvalue weighted by Crippen LogP contribution is -2.32. The van der Waals surface area contributed by atoms with Gasteiger partial charge < -0.3 is 23.7 Å². The Morgan fingerprint density at radius 2 is 1.70 bits per heavy atom.